The standard InChI is InChI=1S/C20H24N6O2/c1-5-26(6-2)15-7-8-16(13(3)9-15)23-20(27)17-11-22-19(12-21-17)24-18-10-14(4)28-25-18/h7-12H,5-6H2,1-4H3,(H,23,27)(H,22,24,25). The van der Waals surface area contributed by atoms with E-state index in [1.807, 2.05) is 19.1 Å². The predicted molar refractivity (Wildman–Crippen MR) is 109 cm³/mol. The zero-order chi connectivity index (χ0) is 20.1. The number of aromatic nitrogens is 3. The number of anilines is 4. The number of carbonyl (C=O) groups is 1. The van der Waals surface area contributed by atoms with Gasteiger partial charge in [-0.25, -0.2) is 9.97 Å². The van der Waals surface area contributed by atoms with Crippen molar-refractivity contribution < 1.29 is 9.32 Å². The maximum absolute atomic E-state index is 12.5. The Hall–Kier alpha value is -3.42. The molecule has 0 bridgehead atoms. The molecule has 3 rings (SSSR count). The predicted octanol–water partition coefficient (Wildman–Crippen LogP) is 3.92. The molecule has 0 radical (unpaired) electrons. The van der Waals surface area contributed by atoms with Gasteiger partial charge >= 0.3 is 0 Å². The van der Waals surface area contributed by atoms with Crippen LogP contribution in [-0.4, -0.2) is 34.1 Å². The fourth-order valence-electron chi connectivity index (χ4n) is 2.83. The van der Waals surface area contributed by atoms with Crippen molar-refractivity contribution in [1.82, 2.24) is 15.1 Å². The number of benzene rings is 1. The summed E-state index contributed by atoms with van der Waals surface area (Å²) in [6.45, 7) is 9.89. The van der Waals surface area contributed by atoms with E-state index in [0.29, 0.717) is 17.4 Å². The molecular formula is C20H24N6O2. The van der Waals surface area contributed by atoms with E-state index in [0.717, 1.165) is 30.0 Å². The van der Waals surface area contributed by atoms with Crippen molar-refractivity contribution in [2.45, 2.75) is 27.7 Å². The molecule has 1 amide bonds. The summed E-state index contributed by atoms with van der Waals surface area (Å²) < 4.78 is 4.99. The molecule has 0 saturated heterocycles. The lowest BCUT2D eigenvalue weighted by atomic mass is 10.1. The monoisotopic (exact) mass is 380 g/mol. The van der Waals surface area contributed by atoms with Gasteiger partial charge in [0.05, 0.1) is 12.4 Å². The number of rotatable bonds is 7. The van der Waals surface area contributed by atoms with Crippen LogP contribution in [0.2, 0.25) is 0 Å². The molecular weight excluding hydrogens is 356 g/mol. The van der Waals surface area contributed by atoms with Gasteiger partial charge in [0.1, 0.15) is 17.3 Å². The summed E-state index contributed by atoms with van der Waals surface area (Å²) in [6.07, 6.45) is 2.90. The normalized spacial score (nSPS) is 10.6. The van der Waals surface area contributed by atoms with Crippen molar-refractivity contribution in [3.05, 3.63) is 53.7 Å². The maximum atomic E-state index is 12.5. The molecule has 2 N–H and O–H groups in total. The van der Waals surface area contributed by atoms with Gasteiger partial charge in [0.25, 0.3) is 5.91 Å². The molecule has 1 aromatic carbocycles. The lowest BCUT2D eigenvalue weighted by molar-refractivity contribution is 0.102. The molecule has 8 heteroatoms. The molecule has 2 aromatic heterocycles. The van der Waals surface area contributed by atoms with E-state index >= 15 is 0 Å². The minimum Gasteiger partial charge on any atom is -0.372 e. The van der Waals surface area contributed by atoms with E-state index in [1.54, 1.807) is 13.0 Å². The summed E-state index contributed by atoms with van der Waals surface area (Å²) in [5.74, 6) is 1.39. The Morgan fingerprint density at radius 1 is 1.07 bits per heavy atom. The molecule has 28 heavy (non-hydrogen) atoms. The molecule has 146 valence electrons. The average Bonchev–Trinajstić information content (AvgIpc) is 3.10. The highest BCUT2D eigenvalue weighted by Gasteiger charge is 2.12. The van der Waals surface area contributed by atoms with Gasteiger partial charge in [-0.05, 0) is 51.5 Å². The van der Waals surface area contributed by atoms with E-state index in [4.69, 9.17) is 4.52 Å². The molecule has 0 unspecified atom stereocenters. The quantitative estimate of drug-likeness (QED) is 0.641. The Labute approximate surface area is 164 Å². The highest BCUT2D eigenvalue weighted by molar-refractivity contribution is 6.03. The number of nitrogens with one attached hydrogen (secondary N) is 2. The number of nitrogens with zero attached hydrogens (tertiary/aromatic N) is 4. The molecule has 0 aliphatic rings. The van der Waals surface area contributed by atoms with Crippen molar-refractivity contribution in [3.8, 4) is 0 Å². The van der Waals surface area contributed by atoms with Gasteiger partial charge in [0.2, 0.25) is 0 Å². The second kappa shape index (κ2) is 8.51. The largest absolute Gasteiger partial charge is 0.372 e. The molecule has 3 aromatic rings. The fourth-order valence-corrected chi connectivity index (χ4v) is 2.83. The molecule has 0 saturated carbocycles. The third-order valence-electron chi connectivity index (χ3n) is 4.36. The van der Waals surface area contributed by atoms with Crippen molar-refractivity contribution >= 4 is 28.9 Å². The molecule has 2 heterocycles. The van der Waals surface area contributed by atoms with Crippen LogP contribution >= 0.6 is 0 Å². The number of carbonyl (C=O) groups excluding carboxylic acids is 1. The summed E-state index contributed by atoms with van der Waals surface area (Å²) in [7, 11) is 0. The van der Waals surface area contributed by atoms with Gasteiger partial charge in [0, 0.05) is 30.5 Å². The molecule has 0 aliphatic heterocycles. The van der Waals surface area contributed by atoms with Crippen LogP contribution in [0.25, 0.3) is 0 Å². The van der Waals surface area contributed by atoms with Crippen LogP contribution in [0.4, 0.5) is 23.0 Å². The van der Waals surface area contributed by atoms with Gasteiger partial charge in [-0.2, -0.15) is 0 Å². The Balaban J connectivity index is 1.67. The average molecular weight is 380 g/mol. The van der Waals surface area contributed by atoms with Gasteiger partial charge < -0.3 is 20.1 Å². The Morgan fingerprint density at radius 2 is 1.86 bits per heavy atom. The second-order valence-electron chi connectivity index (χ2n) is 6.36. The maximum Gasteiger partial charge on any atom is 0.275 e. The third-order valence-corrected chi connectivity index (χ3v) is 4.36. The third kappa shape index (κ3) is 4.46. The van der Waals surface area contributed by atoms with Crippen molar-refractivity contribution in [1.29, 1.82) is 0 Å². The minimum absolute atomic E-state index is 0.231. The second-order valence-corrected chi connectivity index (χ2v) is 6.36. The Morgan fingerprint density at radius 3 is 2.43 bits per heavy atom. The SMILES string of the molecule is CCN(CC)c1ccc(NC(=O)c2cnc(Nc3cc(C)on3)cn2)c(C)c1. The summed E-state index contributed by atoms with van der Waals surface area (Å²) in [4.78, 5) is 23.1. The number of hydrogen-bond acceptors (Lipinski definition) is 7. The van der Waals surface area contributed by atoms with Crippen LogP contribution in [-0.2, 0) is 0 Å². The molecule has 8 nitrogen and oxygen atoms in total. The van der Waals surface area contributed by atoms with Crippen molar-refractivity contribution in [3.63, 3.8) is 0 Å². The van der Waals surface area contributed by atoms with E-state index in [9.17, 15) is 4.79 Å². The smallest absolute Gasteiger partial charge is 0.275 e. The van der Waals surface area contributed by atoms with Crippen LogP contribution in [0.1, 0.15) is 35.7 Å². The zero-order valence-electron chi connectivity index (χ0n) is 16.5. The highest BCUT2D eigenvalue weighted by Crippen LogP contribution is 2.23. The van der Waals surface area contributed by atoms with Gasteiger partial charge in [-0.1, -0.05) is 5.16 Å². The number of hydrogen-bond donors (Lipinski definition) is 2. The van der Waals surface area contributed by atoms with Crippen LogP contribution in [0.3, 0.4) is 0 Å². The summed E-state index contributed by atoms with van der Waals surface area (Å²) in [5, 5.41) is 9.69. The summed E-state index contributed by atoms with van der Waals surface area (Å²) >= 11 is 0. The fraction of sp³-hybridized carbons (Fsp3) is 0.300. The number of aryl methyl sites for hydroxylation is 2. The molecule has 0 atom stereocenters. The first-order valence-electron chi connectivity index (χ1n) is 9.19. The van der Waals surface area contributed by atoms with E-state index in [-0.39, 0.29) is 11.6 Å². The first kappa shape index (κ1) is 19.3. The van der Waals surface area contributed by atoms with E-state index < -0.39 is 0 Å². The first-order valence-corrected chi connectivity index (χ1v) is 9.19. The lowest BCUT2D eigenvalue weighted by Crippen LogP contribution is -2.22. The van der Waals surface area contributed by atoms with Gasteiger partial charge in [-0.15, -0.1) is 0 Å². The molecule has 0 spiro atoms. The van der Waals surface area contributed by atoms with Crippen molar-refractivity contribution in [2.24, 2.45) is 0 Å². The van der Waals surface area contributed by atoms with Crippen molar-refractivity contribution in [2.75, 3.05) is 28.6 Å². The van der Waals surface area contributed by atoms with Crippen LogP contribution in [0.5, 0.6) is 0 Å². The van der Waals surface area contributed by atoms with Crippen LogP contribution in [0, 0.1) is 13.8 Å². The Bertz CT molecular complexity index is 948. The lowest BCUT2D eigenvalue weighted by Gasteiger charge is -2.22. The van der Waals surface area contributed by atoms with E-state index in [1.165, 1.54) is 12.4 Å². The summed E-state index contributed by atoms with van der Waals surface area (Å²) in [6, 6.07) is 7.74. The highest BCUT2D eigenvalue weighted by atomic mass is 16.5. The molecule has 0 aliphatic carbocycles. The summed E-state index contributed by atoms with van der Waals surface area (Å²) in [5.41, 5.74) is 3.11. The Kier molecular flexibility index (Phi) is 5.88. The van der Waals surface area contributed by atoms with Crippen LogP contribution in [0.15, 0.2) is 41.2 Å². The zero-order valence-corrected chi connectivity index (χ0v) is 16.5. The minimum atomic E-state index is -0.310. The number of amides is 1. The first-order chi connectivity index (χ1) is 13.5. The topological polar surface area (TPSA) is 96.2 Å². The van der Waals surface area contributed by atoms with E-state index in [2.05, 4.69) is 50.6 Å². The molecule has 0 fully saturated rings. The van der Waals surface area contributed by atoms with Crippen LogP contribution < -0.4 is 15.5 Å². The van der Waals surface area contributed by atoms with Gasteiger partial charge in [-0.3, -0.25) is 4.79 Å². The van der Waals surface area contributed by atoms with Gasteiger partial charge in [0.15, 0.2) is 5.82 Å².